The van der Waals surface area contributed by atoms with Crippen LogP contribution in [0.2, 0.25) is 0 Å². The van der Waals surface area contributed by atoms with Crippen molar-refractivity contribution >= 4 is 26.0 Å². The maximum atomic E-state index is 12.7. The van der Waals surface area contributed by atoms with Crippen molar-refractivity contribution in [2.24, 2.45) is 0 Å². The molecule has 10 heteroatoms. The molecule has 0 saturated carbocycles. The van der Waals surface area contributed by atoms with E-state index in [9.17, 15) is 8.42 Å². The fourth-order valence-corrected chi connectivity index (χ4v) is 5.26. The van der Waals surface area contributed by atoms with Gasteiger partial charge in [0.1, 0.15) is 4.90 Å². The number of nitrogens with zero attached hydrogens (tertiary/aromatic N) is 3. The highest BCUT2D eigenvalue weighted by atomic mass is 79.9. The molecule has 0 fully saturated rings. The minimum Gasteiger partial charge on any atom is -0.493 e. The van der Waals surface area contributed by atoms with Gasteiger partial charge >= 0.3 is 0 Å². The molecule has 0 saturated heterocycles. The van der Waals surface area contributed by atoms with Crippen LogP contribution < -0.4 is 14.2 Å². The van der Waals surface area contributed by atoms with Gasteiger partial charge in [-0.2, -0.15) is 0 Å². The van der Waals surface area contributed by atoms with Gasteiger partial charge < -0.3 is 9.47 Å². The zero-order valence-corrected chi connectivity index (χ0v) is 21.0. The fourth-order valence-electron chi connectivity index (χ4n) is 3.22. The average Bonchev–Trinajstić information content (AvgIpc) is 3.21. The van der Waals surface area contributed by atoms with E-state index in [4.69, 9.17) is 9.47 Å². The topological polar surface area (TPSA) is 95.3 Å². The molecule has 31 heavy (non-hydrogen) atoms. The van der Waals surface area contributed by atoms with Crippen LogP contribution in [0.1, 0.15) is 64.0 Å². The normalized spacial score (nSPS) is 11.6. The molecule has 0 aliphatic rings. The van der Waals surface area contributed by atoms with Crippen LogP contribution in [0, 0.1) is 0 Å². The number of sulfonamides is 1. The predicted octanol–water partition coefficient (Wildman–Crippen LogP) is 4.68. The first-order chi connectivity index (χ1) is 14.9. The summed E-state index contributed by atoms with van der Waals surface area (Å²) >= 11 is 3.29. The maximum Gasteiger partial charge on any atom is 0.242 e. The van der Waals surface area contributed by atoms with Crippen molar-refractivity contribution in [3.05, 3.63) is 28.5 Å². The number of benzene rings is 1. The summed E-state index contributed by atoms with van der Waals surface area (Å²) in [5, 5.41) is 8.18. The lowest BCUT2D eigenvalue weighted by Gasteiger charge is -2.12. The van der Waals surface area contributed by atoms with Gasteiger partial charge in [-0.05, 0) is 28.4 Å². The second-order valence-corrected chi connectivity index (χ2v) is 10.00. The summed E-state index contributed by atoms with van der Waals surface area (Å²) in [7, 11) is -0.829. The zero-order valence-electron chi connectivity index (χ0n) is 18.6. The molecule has 0 unspecified atom stereocenters. The summed E-state index contributed by atoms with van der Waals surface area (Å²) in [6.07, 6.45) is 11.8. The third-order valence-corrected chi connectivity index (χ3v) is 7.36. The number of nitrogens with one attached hydrogen (secondary N) is 1. The molecular formula is C21H33BrN4O4S. The van der Waals surface area contributed by atoms with E-state index in [1.165, 1.54) is 65.2 Å². The predicted molar refractivity (Wildman–Crippen MR) is 124 cm³/mol. The van der Waals surface area contributed by atoms with Gasteiger partial charge in [0.25, 0.3) is 0 Å². The molecule has 1 aromatic carbocycles. The molecule has 0 atom stereocenters. The molecule has 2 rings (SSSR count). The summed E-state index contributed by atoms with van der Waals surface area (Å²) in [6.45, 7) is 3.07. The monoisotopic (exact) mass is 516 g/mol. The number of aromatic nitrogens is 3. The van der Waals surface area contributed by atoms with Crippen LogP contribution in [0.5, 0.6) is 11.5 Å². The standard InChI is InChI=1S/C21H33BrN4O4S/c1-4-5-6-7-8-9-10-11-12-26-16-17(24-25-26)15-23-31(27,28)21-14-20(30-3)19(29-2)13-18(21)22/h13-14,16,23H,4-12,15H2,1-3H3. The quantitative estimate of drug-likeness (QED) is 0.345. The van der Waals surface area contributed by atoms with Gasteiger partial charge in [0.05, 0.1) is 26.5 Å². The van der Waals surface area contributed by atoms with Gasteiger partial charge in [-0.1, -0.05) is 57.1 Å². The molecule has 0 bridgehead atoms. The van der Waals surface area contributed by atoms with Crippen LogP contribution in [0.15, 0.2) is 27.7 Å². The molecule has 1 aromatic heterocycles. The van der Waals surface area contributed by atoms with Crippen molar-refractivity contribution in [2.75, 3.05) is 14.2 Å². The van der Waals surface area contributed by atoms with Gasteiger partial charge in [0.2, 0.25) is 10.0 Å². The highest BCUT2D eigenvalue weighted by Crippen LogP contribution is 2.35. The average molecular weight is 517 g/mol. The van der Waals surface area contributed by atoms with Crippen LogP contribution >= 0.6 is 15.9 Å². The highest BCUT2D eigenvalue weighted by molar-refractivity contribution is 9.10. The lowest BCUT2D eigenvalue weighted by molar-refractivity contribution is 0.353. The Morgan fingerprint density at radius 3 is 2.26 bits per heavy atom. The second-order valence-electron chi connectivity index (χ2n) is 7.41. The molecule has 1 N–H and O–H groups in total. The highest BCUT2D eigenvalue weighted by Gasteiger charge is 2.21. The number of methoxy groups -OCH3 is 2. The zero-order chi connectivity index (χ0) is 22.7. The Morgan fingerprint density at radius 1 is 1.00 bits per heavy atom. The Kier molecular flexibility index (Phi) is 10.8. The van der Waals surface area contributed by atoms with E-state index in [0.29, 0.717) is 21.7 Å². The fraction of sp³-hybridized carbons (Fsp3) is 0.619. The minimum atomic E-state index is -3.78. The lowest BCUT2D eigenvalue weighted by Crippen LogP contribution is -2.24. The Hall–Kier alpha value is -1.65. The molecule has 0 aliphatic heterocycles. The number of ether oxygens (including phenoxy) is 2. The molecule has 0 spiro atoms. The Balaban J connectivity index is 1.84. The first kappa shape index (κ1) is 25.6. The smallest absolute Gasteiger partial charge is 0.242 e. The SMILES string of the molecule is CCCCCCCCCCn1cc(CNS(=O)(=O)c2cc(OC)c(OC)cc2Br)nn1. The number of halogens is 1. The van der Waals surface area contributed by atoms with Gasteiger partial charge in [-0.15, -0.1) is 5.10 Å². The van der Waals surface area contributed by atoms with Crippen molar-refractivity contribution in [3.63, 3.8) is 0 Å². The number of rotatable bonds is 15. The molecule has 0 aliphatic carbocycles. The van der Waals surface area contributed by atoms with Crippen molar-refractivity contribution in [2.45, 2.75) is 76.3 Å². The van der Waals surface area contributed by atoms with Crippen LogP contribution in [-0.2, 0) is 23.1 Å². The number of aryl methyl sites for hydroxylation is 1. The van der Waals surface area contributed by atoms with Crippen molar-refractivity contribution in [3.8, 4) is 11.5 Å². The number of hydrogen-bond acceptors (Lipinski definition) is 6. The first-order valence-corrected chi connectivity index (χ1v) is 13.0. The largest absolute Gasteiger partial charge is 0.493 e. The van der Waals surface area contributed by atoms with E-state index in [0.717, 1.165) is 13.0 Å². The Morgan fingerprint density at radius 2 is 1.61 bits per heavy atom. The van der Waals surface area contributed by atoms with Gasteiger partial charge in [0.15, 0.2) is 11.5 Å². The lowest BCUT2D eigenvalue weighted by atomic mass is 10.1. The summed E-state index contributed by atoms with van der Waals surface area (Å²) in [4.78, 5) is 0.0662. The minimum absolute atomic E-state index is 0.0561. The molecule has 8 nitrogen and oxygen atoms in total. The third-order valence-electron chi connectivity index (χ3n) is 5.00. The third kappa shape index (κ3) is 8.08. The molecule has 174 valence electrons. The van der Waals surface area contributed by atoms with Gasteiger partial charge in [-0.3, -0.25) is 4.68 Å². The molecule has 1 heterocycles. The van der Waals surface area contributed by atoms with Crippen molar-refractivity contribution in [1.29, 1.82) is 0 Å². The van der Waals surface area contributed by atoms with Crippen molar-refractivity contribution in [1.82, 2.24) is 19.7 Å². The van der Waals surface area contributed by atoms with E-state index < -0.39 is 10.0 Å². The molecular weight excluding hydrogens is 484 g/mol. The van der Waals surface area contributed by atoms with E-state index >= 15 is 0 Å². The van der Waals surface area contributed by atoms with E-state index in [-0.39, 0.29) is 11.4 Å². The van der Waals surface area contributed by atoms with E-state index in [2.05, 4.69) is 37.9 Å². The van der Waals surface area contributed by atoms with Gasteiger partial charge in [0, 0.05) is 23.3 Å². The van der Waals surface area contributed by atoms with E-state index in [1.807, 2.05) is 0 Å². The van der Waals surface area contributed by atoms with Crippen molar-refractivity contribution < 1.29 is 17.9 Å². The maximum absolute atomic E-state index is 12.7. The Labute approximate surface area is 193 Å². The second kappa shape index (κ2) is 13.0. The van der Waals surface area contributed by atoms with E-state index in [1.54, 1.807) is 16.9 Å². The Bertz CT molecular complexity index is 918. The summed E-state index contributed by atoms with van der Waals surface area (Å²) in [6, 6.07) is 2.98. The van der Waals surface area contributed by atoms with Crippen LogP contribution in [0.25, 0.3) is 0 Å². The molecule has 0 amide bonds. The van der Waals surface area contributed by atoms with Crippen LogP contribution in [-0.4, -0.2) is 37.6 Å². The van der Waals surface area contributed by atoms with Gasteiger partial charge in [-0.25, -0.2) is 13.1 Å². The first-order valence-electron chi connectivity index (χ1n) is 10.7. The summed E-state index contributed by atoms with van der Waals surface area (Å²) in [5.41, 5.74) is 0.569. The molecule has 0 radical (unpaired) electrons. The van der Waals surface area contributed by atoms with Crippen LogP contribution in [0.4, 0.5) is 0 Å². The molecule has 2 aromatic rings. The van der Waals surface area contributed by atoms with Crippen LogP contribution in [0.3, 0.4) is 0 Å². The number of hydrogen-bond donors (Lipinski definition) is 1. The number of unbranched alkanes of at least 4 members (excludes halogenated alkanes) is 7. The summed E-state index contributed by atoms with van der Waals surface area (Å²) in [5.74, 6) is 0.777. The summed E-state index contributed by atoms with van der Waals surface area (Å²) < 4.78 is 40.6.